The van der Waals surface area contributed by atoms with E-state index in [9.17, 15) is 16.8 Å². The Hall–Kier alpha value is -1.32. The highest BCUT2D eigenvalue weighted by molar-refractivity contribution is 7.93. The molecule has 7 nitrogen and oxygen atoms in total. The van der Waals surface area contributed by atoms with Gasteiger partial charge in [0, 0.05) is 13.6 Å². The molecule has 2 rings (SSSR count). The Bertz CT molecular complexity index is 670. The van der Waals surface area contributed by atoms with Crippen molar-refractivity contribution in [3.05, 3.63) is 24.3 Å². The Morgan fingerprint density at radius 2 is 2.05 bits per heavy atom. The van der Waals surface area contributed by atoms with E-state index in [1.165, 1.54) is 17.4 Å². The van der Waals surface area contributed by atoms with Crippen LogP contribution in [-0.2, 0) is 20.2 Å². The van der Waals surface area contributed by atoms with Crippen molar-refractivity contribution in [3.63, 3.8) is 0 Å². The predicted molar refractivity (Wildman–Crippen MR) is 73.8 cm³/mol. The average Bonchev–Trinajstić information content (AvgIpc) is 2.69. The molecule has 1 aromatic rings. The lowest BCUT2D eigenvalue weighted by molar-refractivity contribution is 0.593. The number of nitrogens with one attached hydrogen (secondary N) is 2. The molecule has 1 saturated heterocycles. The van der Waals surface area contributed by atoms with Crippen molar-refractivity contribution in [3.8, 4) is 0 Å². The van der Waals surface area contributed by atoms with Crippen molar-refractivity contribution >= 4 is 31.6 Å². The quantitative estimate of drug-likeness (QED) is 0.825. The zero-order valence-electron chi connectivity index (χ0n) is 10.3. The van der Waals surface area contributed by atoms with E-state index in [2.05, 4.69) is 9.44 Å². The summed E-state index contributed by atoms with van der Waals surface area (Å²) in [6.45, 7) is 0.421. The van der Waals surface area contributed by atoms with Crippen LogP contribution in [0.15, 0.2) is 24.3 Å². The summed E-state index contributed by atoms with van der Waals surface area (Å²) in [5.41, 5.74) is 0.780. The normalized spacial score (nSPS) is 18.5. The molecule has 2 N–H and O–H groups in total. The monoisotopic (exact) mass is 305 g/mol. The van der Waals surface area contributed by atoms with Crippen LogP contribution in [-0.4, -0.2) is 36.2 Å². The maximum Gasteiger partial charge on any atom is 0.298 e. The summed E-state index contributed by atoms with van der Waals surface area (Å²) in [4.78, 5) is 0. The van der Waals surface area contributed by atoms with Gasteiger partial charge in [-0.3, -0.25) is 9.03 Å². The number of nitrogens with zero attached hydrogens (tertiary/aromatic N) is 1. The summed E-state index contributed by atoms with van der Waals surface area (Å²) in [6.07, 6.45) is 0.578. The molecule has 0 radical (unpaired) electrons. The zero-order chi connectivity index (χ0) is 14.1. The topological polar surface area (TPSA) is 95.6 Å². The van der Waals surface area contributed by atoms with Crippen LogP contribution in [0.2, 0.25) is 0 Å². The standard InChI is InChI=1S/C10H15N3O4S2/c1-11-19(16,17)12-9-4-2-5-10(8-9)13-6-3-7-18(13,14)15/h2,4-5,8,11-12H,3,6-7H2,1H3. The highest BCUT2D eigenvalue weighted by Gasteiger charge is 2.28. The number of hydrogen-bond donors (Lipinski definition) is 2. The Morgan fingerprint density at radius 1 is 1.32 bits per heavy atom. The average molecular weight is 305 g/mol. The van der Waals surface area contributed by atoms with Gasteiger partial charge in [-0.1, -0.05) is 6.07 Å². The fraction of sp³-hybridized carbons (Fsp3) is 0.400. The van der Waals surface area contributed by atoms with Gasteiger partial charge in [-0.15, -0.1) is 0 Å². The van der Waals surface area contributed by atoms with Crippen LogP contribution in [0.5, 0.6) is 0 Å². The maximum atomic E-state index is 11.8. The molecule has 0 atom stereocenters. The SMILES string of the molecule is CNS(=O)(=O)Nc1cccc(N2CCCS2(=O)=O)c1. The van der Waals surface area contributed by atoms with E-state index < -0.39 is 20.2 Å². The van der Waals surface area contributed by atoms with Crippen molar-refractivity contribution < 1.29 is 16.8 Å². The molecular weight excluding hydrogens is 290 g/mol. The van der Waals surface area contributed by atoms with Gasteiger partial charge in [-0.25, -0.2) is 13.1 Å². The second-order valence-electron chi connectivity index (χ2n) is 4.10. The molecule has 9 heteroatoms. The van der Waals surface area contributed by atoms with Crippen LogP contribution in [0.25, 0.3) is 0 Å². The van der Waals surface area contributed by atoms with Gasteiger partial charge in [0.2, 0.25) is 10.0 Å². The summed E-state index contributed by atoms with van der Waals surface area (Å²) in [6, 6.07) is 6.30. The first-order valence-electron chi connectivity index (χ1n) is 5.66. The van der Waals surface area contributed by atoms with Gasteiger partial charge in [-0.2, -0.15) is 8.42 Å². The molecule has 0 unspecified atom stereocenters. The molecule has 1 fully saturated rings. The summed E-state index contributed by atoms with van der Waals surface area (Å²) in [7, 11) is -5.59. The Labute approximate surface area is 112 Å². The zero-order valence-corrected chi connectivity index (χ0v) is 12.0. The van der Waals surface area contributed by atoms with E-state index >= 15 is 0 Å². The van der Waals surface area contributed by atoms with Crippen molar-refractivity contribution in [1.82, 2.24) is 4.72 Å². The molecule has 1 heterocycles. The first-order chi connectivity index (χ1) is 8.84. The van der Waals surface area contributed by atoms with Crippen molar-refractivity contribution in [2.45, 2.75) is 6.42 Å². The minimum atomic E-state index is -3.61. The number of rotatable bonds is 4. The van der Waals surface area contributed by atoms with E-state index in [4.69, 9.17) is 0 Å². The van der Waals surface area contributed by atoms with Gasteiger partial charge in [0.05, 0.1) is 17.1 Å². The first-order valence-corrected chi connectivity index (χ1v) is 8.75. The van der Waals surface area contributed by atoms with Crippen molar-refractivity contribution in [1.29, 1.82) is 0 Å². The van der Waals surface area contributed by atoms with Crippen LogP contribution >= 0.6 is 0 Å². The fourth-order valence-corrected chi connectivity index (χ4v) is 3.96. The molecule has 0 aliphatic carbocycles. The smallest absolute Gasteiger partial charge is 0.271 e. The van der Waals surface area contributed by atoms with Gasteiger partial charge >= 0.3 is 0 Å². The largest absolute Gasteiger partial charge is 0.298 e. The van der Waals surface area contributed by atoms with E-state index in [0.29, 0.717) is 24.3 Å². The Balaban J connectivity index is 2.30. The summed E-state index contributed by atoms with van der Waals surface area (Å²) >= 11 is 0. The minimum Gasteiger partial charge on any atom is -0.271 e. The second-order valence-corrected chi connectivity index (χ2v) is 7.73. The molecule has 1 aromatic carbocycles. The summed E-state index contributed by atoms with van der Waals surface area (Å²) < 4.78 is 52.0. The molecule has 0 saturated carbocycles. The highest BCUT2D eigenvalue weighted by atomic mass is 32.2. The number of benzene rings is 1. The van der Waals surface area contributed by atoms with Gasteiger partial charge < -0.3 is 0 Å². The summed E-state index contributed by atoms with van der Waals surface area (Å²) in [5, 5.41) is 0. The van der Waals surface area contributed by atoms with Crippen LogP contribution in [0.1, 0.15) is 6.42 Å². The highest BCUT2D eigenvalue weighted by Crippen LogP contribution is 2.26. The third-order valence-electron chi connectivity index (χ3n) is 2.75. The van der Waals surface area contributed by atoms with E-state index in [1.807, 2.05) is 0 Å². The van der Waals surface area contributed by atoms with E-state index in [1.54, 1.807) is 18.2 Å². The molecule has 1 aliphatic heterocycles. The fourth-order valence-electron chi connectivity index (χ4n) is 1.86. The van der Waals surface area contributed by atoms with Gasteiger partial charge in [0.1, 0.15) is 0 Å². The predicted octanol–water partition coefficient (Wildman–Crippen LogP) is 0.103. The number of hydrogen-bond acceptors (Lipinski definition) is 4. The van der Waals surface area contributed by atoms with Gasteiger partial charge in [0.15, 0.2) is 0 Å². The van der Waals surface area contributed by atoms with Gasteiger partial charge in [-0.05, 0) is 24.6 Å². The van der Waals surface area contributed by atoms with Crippen LogP contribution < -0.4 is 13.7 Å². The molecule has 0 bridgehead atoms. The van der Waals surface area contributed by atoms with E-state index in [-0.39, 0.29) is 5.75 Å². The lowest BCUT2D eigenvalue weighted by Crippen LogP contribution is -2.27. The van der Waals surface area contributed by atoms with Crippen LogP contribution in [0.3, 0.4) is 0 Å². The lowest BCUT2D eigenvalue weighted by atomic mass is 10.3. The van der Waals surface area contributed by atoms with Crippen LogP contribution in [0.4, 0.5) is 11.4 Å². The Morgan fingerprint density at radius 3 is 2.63 bits per heavy atom. The molecule has 0 spiro atoms. The Kier molecular flexibility index (Phi) is 3.70. The van der Waals surface area contributed by atoms with E-state index in [0.717, 1.165) is 0 Å². The molecule has 1 aliphatic rings. The minimum absolute atomic E-state index is 0.124. The molecular formula is C10H15N3O4S2. The van der Waals surface area contributed by atoms with Gasteiger partial charge in [0.25, 0.3) is 10.2 Å². The molecule has 0 amide bonds. The molecule has 106 valence electrons. The maximum absolute atomic E-state index is 11.8. The van der Waals surface area contributed by atoms with Crippen molar-refractivity contribution in [2.75, 3.05) is 28.4 Å². The molecule has 0 aromatic heterocycles. The number of anilines is 2. The van der Waals surface area contributed by atoms with Crippen molar-refractivity contribution in [2.24, 2.45) is 0 Å². The number of sulfonamides is 1. The van der Waals surface area contributed by atoms with Crippen LogP contribution in [0, 0.1) is 0 Å². The third kappa shape index (κ3) is 3.17. The second kappa shape index (κ2) is 4.99. The summed E-state index contributed by atoms with van der Waals surface area (Å²) in [5.74, 6) is 0.124. The lowest BCUT2D eigenvalue weighted by Gasteiger charge is -2.17. The molecule has 19 heavy (non-hydrogen) atoms. The first kappa shape index (κ1) is 14.1. The third-order valence-corrected chi connectivity index (χ3v) is 5.67.